The summed E-state index contributed by atoms with van der Waals surface area (Å²) in [5.74, 6) is 0.293. The van der Waals surface area contributed by atoms with Crippen molar-refractivity contribution in [2.24, 2.45) is 5.41 Å². The number of carbonyl (C=O) groups is 2. The maximum absolute atomic E-state index is 12.8. The molecule has 0 aromatic heterocycles. The van der Waals surface area contributed by atoms with Crippen molar-refractivity contribution >= 4 is 29.3 Å². The third kappa shape index (κ3) is 5.64. The van der Waals surface area contributed by atoms with Gasteiger partial charge in [0, 0.05) is 30.2 Å². The Morgan fingerprint density at radius 1 is 1.10 bits per heavy atom. The molecule has 0 unspecified atom stereocenters. The molecular formula is C24H31N3O2S. The fourth-order valence-corrected chi connectivity index (χ4v) is 4.85. The lowest BCUT2D eigenvalue weighted by molar-refractivity contribution is -0.116. The van der Waals surface area contributed by atoms with E-state index in [1.54, 1.807) is 0 Å². The summed E-state index contributed by atoms with van der Waals surface area (Å²) in [6.45, 7) is 6.48. The average Bonchev–Trinajstić information content (AvgIpc) is 3.14. The summed E-state index contributed by atoms with van der Waals surface area (Å²) in [7, 11) is 4.07. The zero-order valence-electron chi connectivity index (χ0n) is 18.3. The SMILES string of the molecule is CN(C)CC(C)(C)CNC(=O)c1ccccc1SCC(=O)N1CCc2ccccc21. The number of nitrogens with zero attached hydrogens (tertiary/aromatic N) is 2. The first-order chi connectivity index (χ1) is 14.3. The topological polar surface area (TPSA) is 52.7 Å². The molecule has 0 bridgehead atoms. The Morgan fingerprint density at radius 2 is 1.80 bits per heavy atom. The summed E-state index contributed by atoms with van der Waals surface area (Å²) in [4.78, 5) is 30.5. The summed E-state index contributed by atoms with van der Waals surface area (Å²) in [5, 5.41) is 3.07. The lowest BCUT2D eigenvalue weighted by Crippen LogP contribution is -2.40. The first kappa shape index (κ1) is 22.4. The van der Waals surface area contributed by atoms with Gasteiger partial charge in [0.1, 0.15) is 0 Å². The van der Waals surface area contributed by atoms with Crippen molar-refractivity contribution in [3.63, 3.8) is 0 Å². The van der Waals surface area contributed by atoms with Crippen molar-refractivity contribution in [3.05, 3.63) is 59.7 Å². The predicted molar refractivity (Wildman–Crippen MR) is 124 cm³/mol. The van der Waals surface area contributed by atoms with Crippen LogP contribution in [0.1, 0.15) is 29.8 Å². The van der Waals surface area contributed by atoms with Crippen LogP contribution in [0.4, 0.5) is 5.69 Å². The Kier molecular flexibility index (Phi) is 7.21. The van der Waals surface area contributed by atoms with Gasteiger partial charge in [-0.1, -0.05) is 44.2 Å². The van der Waals surface area contributed by atoms with Crippen LogP contribution >= 0.6 is 11.8 Å². The monoisotopic (exact) mass is 425 g/mol. The molecule has 0 aliphatic carbocycles. The average molecular weight is 426 g/mol. The van der Waals surface area contributed by atoms with Crippen molar-refractivity contribution in [2.75, 3.05) is 44.4 Å². The van der Waals surface area contributed by atoms with E-state index in [0.717, 1.165) is 30.1 Å². The smallest absolute Gasteiger partial charge is 0.252 e. The van der Waals surface area contributed by atoms with Crippen LogP contribution in [0.15, 0.2) is 53.4 Å². The van der Waals surface area contributed by atoms with E-state index in [1.165, 1.54) is 17.3 Å². The molecule has 1 heterocycles. The number of hydrogen-bond donors (Lipinski definition) is 1. The van der Waals surface area contributed by atoms with Crippen molar-refractivity contribution in [1.82, 2.24) is 10.2 Å². The Bertz CT molecular complexity index is 911. The minimum absolute atomic E-state index is 0.0274. The lowest BCUT2D eigenvalue weighted by Gasteiger charge is -2.28. The summed E-state index contributed by atoms with van der Waals surface area (Å²) < 4.78 is 0. The Hall–Kier alpha value is -2.31. The van der Waals surface area contributed by atoms with E-state index >= 15 is 0 Å². The predicted octanol–water partition coefficient (Wildman–Crippen LogP) is 3.69. The molecule has 0 atom stereocenters. The molecule has 0 spiro atoms. The van der Waals surface area contributed by atoms with Gasteiger partial charge in [-0.05, 0) is 49.7 Å². The van der Waals surface area contributed by atoms with Crippen LogP contribution < -0.4 is 10.2 Å². The second-order valence-corrected chi connectivity index (χ2v) is 9.81. The van der Waals surface area contributed by atoms with Gasteiger partial charge in [-0.2, -0.15) is 0 Å². The van der Waals surface area contributed by atoms with E-state index in [1.807, 2.05) is 61.5 Å². The van der Waals surface area contributed by atoms with Crippen molar-refractivity contribution in [2.45, 2.75) is 25.2 Å². The molecule has 0 radical (unpaired) electrons. The number of carbonyl (C=O) groups excluding carboxylic acids is 2. The van der Waals surface area contributed by atoms with Gasteiger partial charge < -0.3 is 15.1 Å². The van der Waals surface area contributed by atoms with Gasteiger partial charge in [0.25, 0.3) is 5.91 Å². The first-order valence-electron chi connectivity index (χ1n) is 10.3. The van der Waals surface area contributed by atoms with Crippen molar-refractivity contribution in [1.29, 1.82) is 0 Å². The van der Waals surface area contributed by atoms with Gasteiger partial charge in [-0.25, -0.2) is 0 Å². The van der Waals surface area contributed by atoms with E-state index in [9.17, 15) is 9.59 Å². The van der Waals surface area contributed by atoms with E-state index in [4.69, 9.17) is 0 Å². The highest BCUT2D eigenvalue weighted by Gasteiger charge is 2.25. The largest absolute Gasteiger partial charge is 0.351 e. The molecule has 2 amide bonds. The Balaban J connectivity index is 1.61. The maximum Gasteiger partial charge on any atom is 0.252 e. The zero-order valence-corrected chi connectivity index (χ0v) is 19.1. The standard InChI is InChI=1S/C24H31N3O2S/c1-24(2,17-26(3)4)16-25-23(29)19-10-6-8-12-21(19)30-15-22(28)27-14-13-18-9-5-7-11-20(18)27/h5-12H,13-17H2,1-4H3,(H,25,29). The van der Waals surface area contributed by atoms with Crippen LogP contribution in [0.3, 0.4) is 0 Å². The van der Waals surface area contributed by atoms with Gasteiger partial charge in [0.05, 0.1) is 11.3 Å². The number of fused-ring (bicyclic) bond motifs is 1. The van der Waals surface area contributed by atoms with E-state index in [-0.39, 0.29) is 17.2 Å². The fraction of sp³-hybridized carbons (Fsp3) is 0.417. The Labute approximate surface area is 183 Å². The number of amides is 2. The minimum Gasteiger partial charge on any atom is -0.351 e. The Morgan fingerprint density at radius 3 is 2.57 bits per heavy atom. The van der Waals surface area contributed by atoms with Gasteiger partial charge in [0.15, 0.2) is 0 Å². The molecule has 30 heavy (non-hydrogen) atoms. The van der Waals surface area contributed by atoms with Gasteiger partial charge >= 0.3 is 0 Å². The normalized spacial score (nSPS) is 13.4. The van der Waals surface area contributed by atoms with Gasteiger partial charge in [0.2, 0.25) is 5.91 Å². The number of para-hydroxylation sites is 1. The molecule has 160 valence electrons. The number of rotatable bonds is 8. The molecular weight excluding hydrogens is 394 g/mol. The second-order valence-electron chi connectivity index (χ2n) is 8.79. The van der Waals surface area contributed by atoms with Crippen molar-refractivity contribution in [3.8, 4) is 0 Å². The zero-order chi connectivity index (χ0) is 21.7. The third-order valence-electron chi connectivity index (χ3n) is 5.14. The third-order valence-corrected chi connectivity index (χ3v) is 6.20. The van der Waals surface area contributed by atoms with E-state index in [0.29, 0.717) is 17.9 Å². The number of anilines is 1. The van der Waals surface area contributed by atoms with Crippen LogP contribution in [0.25, 0.3) is 0 Å². The highest BCUT2D eigenvalue weighted by Crippen LogP contribution is 2.29. The number of benzene rings is 2. The van der Waals surface area contributed by atoms with Crippen LogP contribution in [0.2, 0.25) is 0 Å². The molecule has 5 nitrogen and oxygen atoms in total. The molecule has 0 saturated heterocycles. The number of thioether (sulfide) groups is 1. The van der Waals surface area contributed by atoms with Gasteiger partial charge in [-0.3, -0.25) is 9.59 Å². The highest BCUT2D eigenvalue weighted by molar-refractivity contribution is 8.00. The molecule has 1 N–H and O–H groups in total. The quantitative estimate of drug-likeness (QED) is 0.656. The molecule has 0 fully saturated rings. The number of hydrogen-bond acceptors (Lipinski definition) is 4. The molecule has 1 aliphatic rings. The maximum atomic E-state index is 12.8. The molecule has 3 rings (SSSR count). The lowest BCUT2D eigenvalue weighted by atomic mass is 9.93. The summed E-state index contributed by atoms with van der Waals surface area (Å²) >= 11 is 1.43. The van der Waals surface area contributed by atoms with Crippen LogP contribution in [-0.2, 0) is 11.2 Å². The van der Waals surface area contributed by atoms with Crippen molar-refractivity contribution < 1.29 is 9.59 Å². The summed E-state index contributed by atoms with van der Waals surface area (Å²) in [6.07, 6.45) is 0.897. The molecule has 1 aliphatic heterocycles. The molecule has 0 saturated carbocycles. The molecule has 2 aromatic carbocycles. The first-order valence-corrected chi connectivity index (χ1v) is 11.3. The van der Waals surface area contributed by atoms with Crippen LogP contribution in [0.5, 0.6) is 0 Å². The minimum atomic E-state index is -0.0936. The summed E-state index contributed by atoms with van der Waals surface area (Å²) in [5.41, 5.74) is 2.83. The molecule has 6 heteroatoms. The van der Waals surface area contributed by atoms with Crippen LogP contribution in [-0.4, -0.2) is 56.2 Å². The summed E-state index contributed by atoms with van der Waals surface area (Å²) in [6, 6.07) is 15.6. The molecule has 2 aromatic rings. The number of nitrogens with one attached hydrogen (secondary N) is 1. The van der Waals surface area contributed by atoms with E-state index in [2.05, 4.69) is 30.1 Å². The fourth-order valence-electron chi connectivity index (χ4n) is 3.92. The second kappa shape index (κ2) is 9.67. The van der Waals surface area contributed by atoms with Crippen LogP contribution in [0, 0.1) is 5.41 Å². The van der Waals surface area contributed by atoms with Gasteiger partial charge in [-0.15, -0.1) is 11.8 Å². The highest BCUT2D eigenvalue weighted by atomic mass is 32.2. The van der Waals surface area contributed by atoms with E-state index < -0.39 is 0 Å².